The molecule has 0 saturated carbocycles. The Morgan fingerprint density at radius 3 is 2.57 bits per heavy atom. The highest BCUT2D eigenvalue weighted by atomic mass is 32.2. The smallest absolute Gasteiger partial charge is 0.206 e. The summed E-state index contributed by atoms with van der Waals surface area (Å²) in [6.07, 6.45) is 0. The van der Waals surface area contributed by atoms with Crippen molar-refractivity contribution in [3.8, 4) is 10.6 Å². The lowest BCUT2D eigenvalue weighted by Crippen LogP contribution is -2.00. The molecular weight excluding hydrogens is 298 g/mol. The van der Waals surface area contributed by atoms with Crippen molar-refractivity contribution in [1.29, 1.82) is 0 Å². The van der Waals surface area contributed by atoms with Crippen molar-refractivity contribution in [2.75, 3.05) is 0 Å². The second-order valence-corrected chi connectivity index (χ2v) is 6.79. The standard InChI is InChI=1S/C17H11NOS2/c19-15-12-8-4-5-9-14(12)20-10-13-16(15)21-17(18-13)11-6-2-1-3-7-11/h1-9H,10H2. The van der Waals surface area contributed by atoms with E-state index in [1.54, 1.807) is 11.8 Å². The van der Waals surface area contributed by atoms with Crippen LogP contribution in [-0.2, 0) is 5.75 Å². The third-order valence-electron chi connectivity index (χ3n) is 3.42. The molecule has 0 radical (unpaired) electrons. The molecule has 0 fully saturated rings. The molecule has 2 aromatic carbocycles. The van der Waals surface area contributed by atoms with E-state index in [0.29, 0.717) is 0 Å². The van der Waals surface area contributed by atoms with Crippen LogP contribution < -0.4 is 0 Å². The Hall–Kier alpha value is -1.91. The summed E-state index contributed by atoms with van der Waals surface area (Å²) in [6, 6.07) is 17.8. The molecule has 1 aliphatic heterocycles. The van der Waals surface area contributed by atoms with Crippen molar-refractivity contribution in [1.82, 2.24) is 4.98 Å². The van der Waals surface area contributed by atoms with Crippen LogP contribution in [-0.4, -0.2) is 10.8 Å². The van der Waals surface area contributed by atoms with E-state index in [2.05, 4.69) is 0 Å². The molecule has 2 nitrogen and oxygen atoms in total. The molecule has 102 valence electrons. The number of hydrogen-bond acceptors (Lipinski definition) is 4. The zero-order valence-electron chi connectivity index (χ0n) is 11.1. The first kappa shape index (κ1) is 12.8. The van der Waals surface area contributed by atoms with Gasteiger partial charge in [0.05, 0.1) is 10.6 Å². The van der Waals surface area contributed by atoms with Crippen LogP contribution in [0, 0.1) is 0 Å². The number of thioether (sulfide) groups is 1. The highest BCUT2D eigenvalue weighted by Gasteiger charge is 2.25. The Labute approximate surface area is 130 Å². The lowest BCUT2D eigenvalue weighted by Gasteiger charge is -2.02. The van der Waals surface area contributed by atoms with Crippen LogP contribution in [0.3, 0.4) is 0 Å². The highest BCUT2D eigenvalue weighted by Crippen LogP contribution is 2.38. The van der Waals surface area contributed by atoms with E-state index in [4.69, 9.17) is 4.98 Å². The Kier molecular flexibility index (Phi) is 3.13. The fourth-order valence-corrected chi connectivity index (χ4v) is 4.50. The fraction of sp³-hybridized carbons (Fsp3) is 0.0588. The molecule has 0 aliphatic carbocycles. The molecule has 0 N–H and O–H groups in total. The fourth-order valence-electron chi connectivity index (χ4n) is 2.38. The topological polar surface area (TPSA) is 30.0 Å². The van der Waals surface area contributed by atoms with Gasteiger partial charge in [-0.1, -0.05) is 42.5 Å². The van der Waals surface area contributed by atoms with Gasteiger partial charge in [0.25, 0.3) is 0 Å². The minimum atomic E-state index is 0.102. The normalized spacial score (nSPS) is 13.4. The third kappa shape index (κ3) is 2.20. The number of carbonyl (C=O) groups excluding carboxylic acids is 1. The van der Waals surface area contributed by atoms with Crippen LogP contribution in [0.1, 0.15) is 20.9 Å². The quantitative estimate of drug-likeness (QED) is 0.655. The van der Waals surface area contributed by atoms with Crippen LogP contribution in [0.5, 0.6) is 0 Å². The molecule has 1 aliphatic rings. The van der Waals surface area contributed by atoms with Crippen molar-refractivity contribution < 1.29 is 4.79 Å². The number of thiazole rings is 1. The second-order valence-electron chi connectivity index (χ2n) is 4.77. The minimum absolute atomic E-state index is 0.102. The first-order valence-electron chi connectivity index (χ1n) is 6.64. The van der Waals surface area contributed by atoms with Gasteiger partial charge in [0, 0.05) is 21.8 Å². The van der Waals surface area contributed by atoms with E-state index in [1.807, 2.05) is 54.6 Å². The summed E-state index contributed by atoms with van der Waals surface area (Å²) in [5.41, 5.74) is 2.77. The summed E-state index contributed by atoms with van der Waals surface area (Å²) in [5.74, 6) is 0.854. The molecule has 4 rings (SSSR count). The van der Waals surface area contributed by atoms with Gasteiger partial charge in [0.2, 0.25) is 5.78 Å². The Bertz CT molecular complexity index is 824. The van der Waals surface area contributed by atoms with Gasteiger partial charge in [-0.2, -0.15) is 0 Å². The number of carbonyl (C=O) groups is 1. The Morgan fingerprint density at radius 2 is 1.71 bits per heavy atom. The van der Waals surface area contributed by atoms with Gasteiger partial charge in [-0.05, 0) is 12.1 Å². The predicted molar refractivity (Wildman–Crippen MR) is 87.0 cm³/mol. The monoisotopic (exact) mass is 309 g/mol. The molecular formula is C17H11NOS2. The van der Waals surface area contributed by atoms with Crippen LogP contribution >= 0.6 is 23.1 Å². The molecule has 0 spiro atoms. The molecule has 0 amide bonds. The summed E-state index contributed by atoms with van der Waals surface area (Å²) in [5, 5.41) is 0.925. The van der Waals surface area contributed by atoms with Gasteiger partial charge >= 0.3 is 0 Å². The zero-order chi connectivity index (χ0) is 14.2. The van der Waals surface area contributed by atoms with Crippen molar-refractivity contribution in [3.05, 3.63) is 70.7 Å². The Balaban J connectivity index is 1.83. The third-order valence-corrected chi connectivity index (χ3v) is 5.65. The number of benzene rings is 2. The maximum atomic E-state index is 12.7. The van der Waals surface area contributed by atoms with Crippen molar-refractivity contribution in [2.45, 2.75) is 10.6 Å². The van der Waals surface area contributed by atoms with Gasteiger partial charge < -0.3 is 0 Å². The average Bonchev–Trinajstić information content (AvgIpc) is 2.92. The second kappa shape index (κ2) is 5.13. The molecule has 3 aromatic rings. The molecule has 0 unspecified atom stereocenters. The highest BCUT2D eigenvalue weighted by molar-refractivity contribution is 7.98. The summed E-state index contributed by atoms with van der Waals surface area (Å²) in [6.45, 7) is 0. The molecule has 0 saturated heterocycles. The van der Waals surface area contributed by atoms with Crippen LogP contribution in [0.15, 0.2) is 59.5 Å². The largest absolute Gasteiger partial charge is 0.288 e. The van der Waals surface area contributed by atoms with Crippen LogP contribution in [0.4, 0.5) is 0 Å². The van der Waals surface area contributed by atoms with Crippen molar-refractivity contribution in [3.63, 3.8) is 0 Å². The van der Waals surface area contributed by atoms with Gasteiger partial charge in [0.15, 0.2) is 0 Å². The predicted octanol–water partition coefficient (Wildman–Crippen LogP) is 4.65. The van der Waals surface area contributed by atoms with E-state index < -0.39 is 0 Å². The van der Waals surface area contributed by atoms with E-state index in [9.17, 15) is 4.79 Å². The molecule has 0 atom stereocenters. The molecule has 2 heterocycles. The van der Waals surface area contributed by atoms with Crippen LogP contribution in [0.2, 0.25) is 0 Å². The number of aromatic nitrogens is 1. The molecule has 21 heavy (non-hydrogen) atoms. The summed E-state index contributed by atoms with van der Waals surface area (Å²) >= 11 is 3.19. The summed E-state index contributed by atoms with van der Waals surface area (Å²) < 4.78 is 0. The lowest BCUT2D eigenvalue weighted by atomic mass is 10.1. The van der Waals surface area contributed by atoms with Gasteiger partial charge in [-0.25, -0.2) is 4.98 Å². The van der Waals surface area contributed by atoms with Crippen LogP contribution in [0.25, 0.3) is 10.6 Å². The van der Waals surface area contributed by atoms with E-state index in [0.717, 1.165) is 37.4 Å². The maximum absolute atomic E-state index is 12.7. The van der Waals surface area contributed by atoms with Crippen molar-refractivity contribution in [2.24, 2.45) is 0 Å². The van der Waals surface area contributed by atoms with E-state index in [1.165, 1.54) is 11.3 Å². The van der Waals surface area contributed by atoms with Gasteiger partial charge in [0.1, 0.15) is 5.01 Å². The first-order chi connectivity index (χ1) is 10.3. The number of hydrogen-bond donors (Lipinski definition) is 0. The number of rotatable bonds is 1. The SMILES string of the molecule is O=C1c2ccccc2SCc2nc(-c3ccccc3)sc21. The van der Waals surface area contributed by atoms with Gasteiger partial charge in [-0.15, -0.1) is 23.1 Å². The van der Waals surface area contributed by atoms with Gasteiger partial charge in [-0.3, -0.25) is 4.79 Å². The lowest BCUT2D eigenvalue weighted by molar-refractivity contribution is 0.103. The molecule has 0 bridgehead atoms. The minimum Gasteiger partial charge on any atom is -0.288 e. The Morgan fingerprint density at radius 1 is 0.952 bits per heavy atom. The average molecular weight is 309 g/mol. The summed E-state index contributed by atoms with van der Waals surface area (Å²) in [4.78, 5) is 19.3. The van der Waals surface area contributed by atoms with E-state index in [-0.39, 0.29) is 5.78 Å². The summed E-state index contributed by atoms with van der Waals surface area (Å²) in [7, 11) is 0. The number of nitrogens with zero attached hydrogens (tertiary/aromatic N) is 1. The molecule has 4 heteroatoms. The zero-order valence-corrected chi connectivity index (χ0v) is 12.7. The van der Waals surface area contributed by atoms with E-state index >= 15 is 0 Å². The number of fused-ring (bicyclic) bond motifs is 2. The van der Waals surface area contributed by atoms with Crippen molar-refractivity contribution >= 4 is 28.9 Å². The maximum Gasteiger partial charge on any atom is 0.206 e. The first-order valence-corrected chi connectivity index (χ1v) is 8.45. The molecule has 1 aromatic heterocycles. The number of ketones is 1.